The molecule has 2 unspecified atom stereocenters. The highest BCUT2D eigenvalue weighted by atomic mass is 16.6. The highest BCUT2D eigenvalue weighted by molar-refractivity contribution is 5.74. The van der Waals surface area contributed by atoms with Crippen LogP contribution in [0.15, 0.2) is 0 Å². The number of carbonyl (C=O) groups is 2. The van der Waals surface area contributed by atoms with Crippen LogP contribution in [0.3, 0.4) is 0 Å². The maximum absolute atomic E-state index is 10.9. The first kappa shape index (κ1) is 8.69. The number of fused-ring (bicyclic) bond motifs is 1. The molecule has 0 aromatic carbocycles. The second kappa shape index (κ2) is 3.10. The van der Waals surface area contributed by atoms with Gasteiger partial charge in [0.05, 0.1) is 12.5 Å². The molecule has 1 heterocycles. The summed E-state index contributed by atoms with van der Waals surface area (Å²) in [6, 6.07) is 0. The normalized spacial score (nSPS) is 43.0. The van der Waals surface area contributed by atoms with Crippen molar-refractivity contribution < 1.29 is 19.1 Å². The monoisotopic (exact) mass is 184 g/mol. The van der Waals surface area contributed by atoms with E-state index in [4.69, 9.17) is 9.47 Å². The van der Waals surface area contributed by atoms with Gasteiger partial charge < -0.3 is 14.3 Å². The molecule has 13 heavy (non-hydrogen) atoms. The van der Waals surface area contributed by atoms with Crippen LogP contribution >= 0.6 is 0 Å². The van der Waals surface area contributed by atoms with Crippen LogP contribution < -0.4 is 0 Å². The Morgan fingerprint density at radius 2 is 2.38 bits per heavy atom. The number of carbonyl (C=O) groups excluding carboxylic acids is 2. The van der Waals surface area contributed by atoms with E-state index in [1.54, 1.807) is 7.11 Å². The summed E-state index contributed by atoms with van der Waals surface area (Å²) in [5.74, 6) is -0.298. The van der Waals surface area contributed by atoms with E-state index in [-0.39, 0.29) is 30.0 Å². The third-order valence-corrected chi connectivity index (χ3v) is 3.01. The Balaban J connectivity index is 2.14. The first-order valence-electron chi connectivity index (χ1n) is 4.44. The fraction of sp³-hybridized carbons (Fsp3) is 0.778. The molecule has 4 heteroatoms. The zero-order valence-corrected chi connectivity index (χ0v) is 7.43. The van der Waals surface area contributed by atoms with Crippen molar-refractivity contribution in [1.82, 2.24) is 0 Å². The molecule has 1 saturated carbocycles. The van der Waals surface area contributed by atoms with E-state index in [1.807, 2.05) is 0 Å². The standard InChI is InChI=1S/C9H12O4/c1-12-7-3-8-5(6(7)4-10)2-9(11)13-8/h4-8H,2-3H2,1H3/t5-,6?,7-,8?/m1/s1. The van der Waals surface area contributed by atoms with Crippen molar-refractivity contribution in [3.8, 4) is 0 Å². The predicted octanol–water partition coefficient (Wildman–Crippen LogP) is 0.152. The van der Waals surface area contributed by atoms with Crippen molar-refractivity contribution >= 4 is 12.3 Å². The highest BCUT2D eigenvalue weighted by Crippen LogP contribution is 2.41. The lowest BCUT2D eigenvalue weighted by molar-refractivity contribution is -0.142. The van der Waals surface area contributed by atoms with Gasteiger partial charge in [-0.25, -0.2) is 0 Å². The van der Waals surface area contributed by atoms with Gasteiger partial charge in [-0.1, -0.05) is 0 Å². The van der Waals surface area contributed by atoms with Crippen molar-refractivity contribution in [2.24, 2.45) is 11.8 Å². The zero-order valence-electron chi connectivity index (χ0n) is 7.43. The Morgan fingerprint density at radius 3 is 3.00 bits per heavy atom. The Morgan fingerprint density at radius 1 is 1.62 bits per heavy atom. The first-order valence-corrected chi connectivity index (χ1v) is 4.44. The molecule has 2 rings (SSSR count). The Hall–Kier alpha value is -0.900. The highest BCUT2D eigenvalue weighted by Gasteiger charge is 2.50. The van der Waals surface area contributed by atoms with Crippen LogP contribution in [-0.2, 0) is 19.1 Å². The second-order valence-corrected chi connectivity index (χ2v) is 3.62. The van der Waals surface area contributed by atoms with Gasteiger partial charge in [-0.15, -0.1) is 0 Å². The number of aldehydes is 1. The van der Waals surface area contributed by atoms with Gasteiger partial charge in [0.25, 0.3) is 0 Å². The molecule has 1 saturated heterocycles. The van der Waals surface area contributed by atoms with Crippen LogP contribution in [-0.4, -0.2) is 31.6 Å². The van der Waals surface area contributed by atoms with Gasteiger partial charge in [-0.05, 0) is 0 Å². The molecule has 4 nitrogen and oxygen atoms in total. The van der Waals surface area contributed by atoms with E-state index >= 15 is 0 Å². The number of methoxy groups -OCH3 is 1. The molecule has 2 fully saturated rings. The lowest BCUT2D eigenvalue weighted by Crippen LogP contribution is -2.23. The van der Waals surface area contributed by atoms with Crippen LogP contribution in [0.1, 0.15) is 12.8 Å². The molecule has 0 amide bonds. The molecular weight excluding hydrogens is 172 g/mol. The molecule has 72 valence electrons. The summed E-state index contributed by atoms with van der Waals surface area (Å²) in [6.07, 6.45) is 1.76. The van der Waals surface area contributed by atoms with Gasteiger partial charge in [0.1, 0.15) is 12.4 Å². The van der Waals surface area contributed by atoms with Crippen LogP contribution in [0.2, 0.25) is 0 Å². The number of esters is 1. The molecule has 0 N–H and O–H groups in total. The molecule has 1 aliphatic carbocycles. The molecule has 0 aromatic rings. The SMILES string of the molecule is CO[C@@H]1CC2OC(=O)C[C@@H]2C1C=O. The van der Waals surface area contributed by atoms with E-state index in [0.717, 1.165) is 6.29 Å². The number of hydrogen-bond donors (Lipinski definition) is 0. The maximum atomic E-state index is 10.9. The second-order valence-electron chi connectivity index (χ2n) is 3.62. The first-order chi connectivity index (χ1) is 6.26. The number of ether oxygens (including phenoxy) is 2. The molecule has 0 spiro atoms. The van der Waals surface area contributed by atoms with Gasteiger partial charge in [0, 0.05) is 25.4 Å². The lowest BCUT2D eigenvalue weighted by atomic mass is 9.94. The van der Waals surface area contributed by atoms with E-state index < -0.39 is 0 Å². The van der Waals surface area contributed by atoms with Gasteiger partial charge in [-0.2, -0.15) is 0 Å². The Bertz CT molecular complexity index is 238. The van der Waals surface area contributed by atoms with E-state index in [2.05, 4.69) is 0 Å². The zero-order chi connectivity index (χ0) is 9.42. The third kappa shape index (κ3) is 1.25. The van der Waals surface area contributed by atoms with Crippen molar-refractivity contribution in [2.45, 2.75) is 25.0 Å². The minimum absolute atomic E-state index is 0.0509. The Kier molecular flexibility index (Phi) is 2.07. The average Bonchev–Trinajstić information content (AvgIpc) is 2.59. The van der Waals surface area contributed by atoms with Crippen LogP contribution in [0.4, 0.5) is 0 Å². The summed E-state index contributed by atoms with van der Waals surface area (Å²) in [6.45, 7) is 0. The van der Waals surface area contributed by atoms with Crippen molar-refractivity contribution in [3.63, 3.8) is 0 Å². The van der Waals surface area contributed by atoms with Gasteiger partial charge in [-0.3, -0.25) is 4.79 Å². The smallest absolute Gasteiger partial charge is 0.306 e. The third-order valence-electron chi connectivity index (χ3n) is 3.01. The van der Waals surface area contributed by atoms with Crippen LogP contribution in [0.25, 0.3) is 0 Å². The van der Waals surface area contributed by atoms with Crippen molar-refractivity contribution in [1.29, 1.82) is 0 Å². The van der Waals surface area contributed by atoms with Gasteiger partial charge in [0.15, 0.2) is 0 Å². The minimum Gasteiger partial charge on any atom is -0.462 e. The number of hydrogen-bond acceptors (Lipinski definition) is 4. The number of rotatable bonds is 2. The summed E-state index contributed by atoms with van der Waals surface area (Å²) in [7, 11) is 1.59. The summed E-state index contributed by atoms with van der Waals surface area (Å²) >= 11 is 0. The molecule has 1 aliphatic heterocycles. The molecule has 0 bridgehead atoms. The molecule has 0 aromatic heterocycles. The van der Waals surface area contributed by atoms with E-state index in [0.29, 0.717) is 12.8 Å². The van der Waals surface area contributed by atoms with Crippen molar-refractivity contribution in [3.05, 3.63) is 0 Å². The molecule has 0 radical (unpaired) electrons. The largest absolute Gasteiger partial charge is 0.462 e. The molecule has 2 aliphatic rings. The lowest BCUT2D eigenvalue weighted by Gasteiger charge is -2.14. The van der Waals surface area contributed by atoms with Gasteiger partial charge >= 0.3 is 5.97 Å². The Labute approximate surface area is 76.2 Å². The summed E-state index contributed by atoms with van der Waals surface area (Å²) in [5, 5.41) is 0. The summed E-state index contributed by atoms with van der Waals surface area (Å²) in [4.78, 5) is 21.7. The van der Waals surface area contributed by atoms with E-state index in [9.17, 15) is 9.59 Å². The van der Waals surface area contributed by atoms with Crippen LogP contribution in [0, 0.1) is 11.8 Å². The van der Waals surface area contributed by atoms with Crippen molar-refractivity contribution in [2.75, 3.05) is 7.11 Å². The van der Waals surface area contributed by atoms with Crippen LogP contribution in [0.5, 0.6) is 0 Å². The molecule has 4 atom stereocenters. The fourth-order valence-electron chi connectivity index (χ4n) is 2.34. The molecular formula is C9H12O4. The van der Waals surface area contributed by atoms with Gasteiger partial charge in [0.2, 0.25) is 0 Å². The topological polar surface area (TPSA) is 52.6 Å². The predicted molar refractivity (Wildman–Crippen MR) is 43.0 cm³/mol. The average molecular weight is 184 g/mol. The fourth-order valence-corrected chi connectivity index (χ4v) is 2.34. The summed E-state index contributed by atoms with van der Waals surface area (Å²) in [5.41, 5.74) is 0. The van der Waals surface area contributed by atoms with E-state index in [1.165, 1.54) is 0 Å². The minimum atomic E-state index is -0.184. The summed E-state index contributed by atoms with van der Waals surface area (Å²) < 4.78 is 10.2. The quantitative estimate of drug-likeness (QED) is 0.453. The maximum Gasteiger partial charge on any atom is 0.306 e.